The normalized spacial score (nSPS) is 12.7. The van der Waals surface area contributed by atoms with Crippen LogP contribution in [0.5, 0.6) is 11.5 Å². The quantitative estimate of drug-likeness (QED) is 0.485. The van der Waals surface area contributed by atoms with Gasteiger partial charge >= 0.3 is 6.09 Å². The number of carbonyl (C=O) groups is 1. The van der Waals surface area contributed by atoms with E-state index in [1.807, 2.05) is 0 Å². The maximum absolute atomic E-state index is 11.5. The van der Waals surface area contributed by atoms with Gasteiger partial charge in [0.25, 0.3) is 5.69 Å². The average Bonchev–Trinajstić information content (AvgIpc) is 2.87. The number of hydrogen-bond donors (Lipinski definition) is 2. The molecule has 0 saturated carbocycles. The number of nitro groups is 1. The van der Waals surface area contributed by atoms with Crippen LogP contribution in [0.2, 0.25) is 0 Å². The van der Waals surface area contributed by atoms with Crippen molar-refractivity contribution in [3.05, 3.63) is 22.2 Å². The minimum Gasteiger partial charge on any atom is -0.454 e. The standard InChI is InChI=1S/C14H19N3O6/c1-14(2,3)23-13(18)16-5-4-15-9-6-11-12(22-8-21-11)7-10(9)17(19)20/h6-7,15H,4-5,8H2,1-3H3,(H,16,18). The summed E-state index contributed by atoms with van der Waals surface area (Å²) in [6.07, 6.45) is -0.542. The van der Waals surface area contributed by atoms with Crippen LogP contribution in [0, 0.1) is 10.1 Å². The number of fused-ring (bicyclic) bond motifs is 1. The lowest BCUT2D eigenvalue weighted by atomic mass is 10.2. The highest BCUT2D eigenvalue weighted by Gasteiger charge is 2.23. The zero-order chi connectivity index (χ0) is 17.0. The number of anilines is 1. The van der Waals surface area contributed by atoms with Crippen LogP contribution < -0.4 is 20.1 Å². The highest BCUT2D eigenvalue weighted by molar-refractivity contribution is 5.69. The van der Waals surface area contributed by atoms with Gasteiger partial charge in [-0.3, -0.25) is 10.1 Å². The molecule has 1 aromatic rings. The van der Waals surface area contributed by atoms with Crippen molar-refractivity contribution in [1.82, 2.24) is 5.32 Å². The van der Waals surface area contributed by atoms with Crippen LogP contribution in [0.1, 0.15) is 20.8 Å². The van der Waals surface area contributed by atoms with Crippen molar-refractivity contribution in [2.24, 2.45) is 0 Å². The van der Waals surface area contributed by atoms with Gasteiger partial charge in [0.2, 0.25) is 6.79 Å². The maximum atomic E-state index is 11.5. The predicted molar refractivity (Wildman–Crippen MR) is 81.9 cm³/mol. The van der Waals surface area contributed by atoms with Gasteiger partial charge in [-0.1, -0.05) is 0 Å². The van der Waals surface area contributed by atoms with E-state index in [4.69, 9.17) is 14.2 Å². The fourth-order valence-corrected chi connectivity index (χ4v) is 1.90. The number of nitro benzene ring substituents is 1. The number of rotatable bonds is 5. The average molecular weight is 325 g/mol. The first kappa shape index (κ1) is 16.7. The monoisotopic (exact) mass is 325 g/mol. The second-order valence-electron chi connectivity index (χ2n) is 5.84. The Morgan fingerprint density at radius 3 is 2.57 bits per heavy atom. The van der Waals surface area contributed by atoms with Crippen molar-refractivity contribution < 1.29 is 23.9 Å². The van der Waals surface area contributed by atoms with Crippen LogP contribution >= 0.6 is 0 Å². The molecule has 0 aromatic heterocycles. The minimum atomic E-state index is -0.576. The molecule has 0 saturated heterocycles. The molecule has 9 heteroatoms. The zero-order valence-corrected chi connectivity index (χ0v) is 13.2. The Morgan fingerprint density at radius 2 is 1.96 bits per heavy atom. The molecule has 126 valence electrons. The third-order valence-electron chi connectivity index (χ3n) is 2.80. The molecule has 2 rings (SSSR count). The molecule has 1 aromatic carbocycles. The maximum Gasteiger partial charge on any atom is 0.407 e. The van der Waals surface area contributed by atoms with Crippen LogP contribution in [0.25, 0.3) is 0 Å². The van der Waals surface area contributed by atoms with E-state index >= 15 is 0 Å². The van der Waals surface area contributed by atoms with E-state index in [1.54, 1.807) is 20.8 Å². The third-order valence-corrected chi connectivity index (χ3v) is 2.80. The SMILES string of the molecule is CC(C)(C)OC(=O)NCCNc1cc2c(cc1[N+](=O)[O-])OCO2. The van der Waals surface area contributed by atoms with Crippen LogP contribution in [0.15, 0.2) is 12.1 Å². The number of ether oxygens (including phenoxy) is 3. The van der Waals surface area contributed by atoms with Crippen LogP contribution in [-0.4, -0.2) is 36.5 Å². The molecule has 1 amide bonds. The summed E-state index contributed by atoms with van der Waals surface area (Å²) in [7, 11) is 0. The molecule has 23 heavy (non-hydrogen) atoms. The van der Waals surface area contributed by atoms with E-state index < -0.39 is 16.6 Å². The first-order valence-electron chi connectivity index (χ1n) is 7.05. The van der Waals surface area contributed by atoms with E-state index in [9.17, 15) is 14.9 Å². The first-order chi connectivity index (χ1) is 10.8. The molecule has 0 atom stereocenters. The van der Waals surface area contributed by atoms with Gasteiger partial charge in [0.05, 0.1) is 11.0 Å². The second-order valence-corrected chi connectivity index (χ2v) is 5.84. The van der Waals surface area contributed by atoms with E-state index in [0.29, 0.717) is 23.7 Å². The fourth-order valence-electron chi connectivity index (χ4n) is 1.90. The molecule has 1 aliphatic rings. The molecular formula is C14H19N3O6. The number of nitrogens with zero attached hydrogens (tertiary/aromatic N) is 1. The Morgan fingerprint density at radius 1 is 1.30 bits per heavy atom. The number of carbonyl (C=O) groups excluding carboxylic acids is 1. The molecule has 0 unspecified atom stereocenters. The smallest absolute Gasteiger partial charge is 0.407 e. The number of hydrogen-bond acceptors (Lipinski definition) is 7. The van der Waals surface area contributed by atoms with Crippen molar-refractivity contribution in [1.29, 1.82) is 0 Å². The summed E-state index contributed by atoms with van der Waals surface area (Å²) in [4.78, 5) is 22.1. The van der Waals surface area contributed by atoms with Gasteiger partial charge in [-0.2, -0.15) is 0 Å². The summed E-state index contributed by atoms with van der Waals surface area (Å²) in [6.45, 7) is 5.87. The highest BCUT2D eigenvalue weighted by Crippen LogP contribution is 2.40. The summed E-state index contributed by atoms with van der Waals surface area (Å²) in [6, 6.07) is 2.82. The zero-order valence-electron chi connectivity index (χ0n) is 13.2. The Balaban J connectivity index is 1.91. The fraction of sp³-hybridized carbons (Fsp3) is 0.500. The van der Waals surface area contributed by atoms with Crippen molar-refractivity contribution in [3.63, 3.8) is 0 Å². The van der Waals surface area contributed by atoms with Gasteiger partial charge in [0, 0.05) is 19.2 Å². The van der Waals surface area contributed by atoms with E-state index in [-0.39, 0.29) is 19.0 Å². The molecule has 9 nitrogen and oxygen atoms in total. The Hall–Kier alpha value is -2.71. The summed E-state index contributed by atoms with van der Waals surface area (Å²) < 4.78 is 15.4. The van der Waals surface area contributed by atoms with E-state index in [0.717, 1.165) is 0 Å². The number of benzene rings is 1. The summed E-state index contributed by atoms with van der Waals surface area (Å²) in [5, 5.41) is 16.6. The van der Waals surface area contributed by atoms with Gasteiger partial charge < -0.3 is 24.8 Å². The molecule has 0 bridgehead atoms. The summed E-state index contributed by atoms with van der Waals surface area (Å²) in [5.74, 6) is 0.785. The molecule has 0 aliphatic carbocycles. The second kappa shape index (κ2) is 6.59. The molecular weight excluding hydrogens is 306 g/mol. The van der Waals surface area contributed by atoms with E-state index in [1.165, 1.54) is 12.1 Å². The minimum absolute atomic E-state index is 0.0378. The van der Waals surface area contributed by atoms with Gasteiger partial charge in [0.1, 0.15) is 11.3 Å². The number of amides is 1. The summed E-state index contributed by atoms with van der Waals surface area (Å²) in [5.41, 5.74) is -0.398. The van der Waals surface area contributed by atoms with Crippen LogP contribution in [0.4, 0.5) is 16.2 Å². The molecule has 1 aliphatic heterocycles. The van der Waals surface area contributed by atoms with Crippen LogP contribution in [0.3, 0.4) is 0 Å². The van der Waals surface area contributed by atoms with Crippen molar-refractivity contribution in [2.45, 2.75) is 26.4 Å². The van der Waals surface area contributed by atoms with Crippen molar-refractivity contribution in [3.8, 4) is 11.5 Å². The molecule has 0 fully saturated rings. The molecule has 1 heterocycles. The molecule has 0 radical (unpaired) electrons. The van der Waals surface area contributed by atoms with Crippen molar-refractivity contribution >= 4 is 17.5 Å². The van der Waals surface area contributed by atoms with Gasteiger partial charge in [0.15, 0.2) is 11.5 Å². The first-order valence-corrected chi connectivity index (χ1v) is 7.05. The van der Waals surface area contributed by atoms with Gasteiger partial charge in [-0.15, -0.1) is 0 Å². The lowest BCUT2D eigenvalue weighted by Gasteiger charge is -2.19. The Kier molecular flexibility index (Phi) is 4.77. The van der Waals surface area contributed by atoms with Crippen molar-refractivity contribution in [2.75, 3.05) is 25.2 Å². The lowest BCUT2D eigenvalue weighted by Crippen LogP contribution is -2.35. The number of alkyl carbamates (subject to hydrolysis) is 1. The van der Waals surface area contributed by atoms with Gasteiger partial charge in [-0.05, 0) is 20.8 Å². The Bertz CT molecular complexity index is 611. The molecule has 0 spiro atoms. The topological polar surface area (TPSA) is 112 Å². The lowest BCUT2D eigenvalue weighted by molar-refractivity contribution is -0.384. The summed E-state index contributed by atoms with van der Waals surface area (Å²) >= 11 is 0. The van der Waals surface area contributed by atoms with E-state index in [2.05, 4.69) is 10.6 Å². The highest BCUT2D eigenvalue weighted by atomic mass is 16.7. The largest absolute Gasteiger partial charge is 0.454 e. The van der Waals surface area contributed by atoms with Gasteiger partial charge in [-0.25, -0.2) is 4.79 Å². The predicted octanol–water partition coefficient (Wildman–Crippen LogP) is 2.26. The third kappa shape index (κ3) is 4.63. The Labute approximate surface area is 133 Å². The van der Waals surface area contributed by atoms with Crippen LogP contribution in [-0.2, 0) is 4.74 Å². The number of nitrogens with one attached hydrogen (secondary N) is 2. The molecule has 2 N–H and O–H groups in total.